The number of carbonyl (C=O) groups is 1. The lowest BCUT2D eigenvalue weighted by molar-refractivity contribution is 0.182. The van der Waals surface area contributed by atoms with Gasteiger partial charge in [-0.25, -0.2) is 4.79 Å². The molecular weight excluding hydrogens is 468 g/mol. The quantitative estimate of drug-likeness (QED) is 0.464. The number of anilines is 1. The average Bonchev–Trinajstić information content (AvgIpc) is 3.30. The molecule has 180 valence electrons. The predicted molar refractivity (Wildman–Crippen MR) is 139 cm³/mol. The smallest absolute Gasteiger partial charge is 0.410 e. The molecule has 2 heterocycles. The first-order valence-electron chi connectivity index (χ1n) is 12.2. The van der Waals surface area contributed by atoms with Crippen LogP contribution in [0.4, 0.5) is 10.6 Å². The molecule has 1 aromatic heterocycles. The van der Waals surface area contributed by atoms with E-state index in [-0.39, 0.29) is 12.1 Å². The first-order valence-corrected chi connectivity index (χ1v) is 13.3. The zero-order valence-corrected chi connectivity index (χ0v) is 20.9. The van der Waals surface area contributed by atoms with Crippen LogP contribution < -0.4 is 15.0 Å². The third kappa shape index (κ3) is 5.82. The third-order valence-electron chi connectivity index (χ3n) is 7.08. The fourth-order valence-corrected chi connectivity index (χ4v) is 5.97. The Bertz CT molecular complexity index is 1090. The van der Waals surface area contributed by atoms with Gasteiger partial charge in [0.2, 0.25) is 0 Å². The van der Waals surface area contributed by atoms with Crippen molar-refractivity contribution >= 4 is 45.1 Å². The number of ether oxygens (including phenoxy) is 1. The van der Waals surface area contributed by atoms with Crippen LogP contribution in [0.3, 0.4) is 0 Å². The molecule has 1 N–H and O–H groups in total. The molecule has 0 radical (unpaired) electrons. The highest BCUT2D eigenvalue weighted by Gasteiger charge is 2.25. The van der Waals surface area contributed by atoms with Crippen LogP contribution in [0.2, 0.25) is 5.02 Å². The minimum absolute atomic E-state index is 0.201. The van der Waals surface area contributed by atoms with Crippen molar-refractivity contribution in [3.63, 3.8) is 0 Å². The van der Waals surface area contributed by atoms with Gasteiger partial charge in [0.1, 0.15) is 11.6 Å². The average molecular weight is 499 g/mol. The van der Waals surface area contributed by atoms with Gasteiger partial charge in [-0.1, -0.05) is 23.7 Å². The van der Waals surface area contributed by atoms with Gasteiger partial charge in [-0.05, 0) is 92.5 Å². The van der Waals surface area contributed by atoms with E-state index in [9.17, 15) is 4.79 Å². The van der Waals surface area contributed by atoms with E-state index in [4.69, 9.17) is 20.7 Å². The van der Waals surface area contributed by atoms with E-state index in [2.05, 4.69) is 39.4 Å². The largest absolute Gasteiger partial charge is 0.412 e. The Morgan fingerprint density at radius 3 is 2.53 bits per heavy atom. The Kier molecular flexibility index (Phi) is 7.52. The minimum Gasteiger partial charge on any atom is -0.410 e. The molecule has 1 saturated heterocycles. The Morgan fingerprint density at radius 1 is 1.03 bits per heavy atom. The van der Waals surface area contributed by atoms with Gasteiger partial charge in [0.15, 0.2) is 0 Å². The number of nitrogens with one attached hydrogen (secondary N) is 1. The van der Waals surface area contributed by atoms with Crippen LogP contribution in [0.25, 0.3) is 10.1 Å². The summed E-state index contributed by atoms with van der Waals surface area (Å²) in [7, 11) is 0. The van der Waals surface area contributed by atoms with Crippen molar-refractivity contribution in [3.05, 3.63) is 53.6 Å². The topological polar surface area (TPSA) is 57.7 Å². The summed E-state index contributed by atoms with van der Waals surface area (Å²) in [6.45, 7) is 5.44. The van der Waals surface area contributed by atoms with Gasteiger partial charge in [0, 0.05) is 42.6 Å². The number of aromatic nitrogens is 1. The molecule has 3 aromatic rings. The van der Waals surface area contributed by atoms with Gasteiger partial charge < -0.3 is 15.0 Å². The standard InChI is InChI=1S/C26H31ClN4O2S/c27-20-7-11-22(12-8-20)33-26(32)28-21-9-5-19(6-10-21)13-14-30-15-17-31(18-16-30)25-23-3-1-2-4-24(23)34-29-25/h1-4,7-8,11-12,19,21H,5-6,9-10,13-18H2,(H,28,32)/t19-,21-. The van der Waals surface area contributed by atoms with Crippen LogP contribution in [0.5, 0.6) is 5.75 Å². The molecule has 2 fully saturated rings. The summed E-state index contributed by atoms with van der Waals surface area (Å²) in [6, 6.07) is 15.6. The Morgan fingerprint density at radius 2 is 1.76 bits per heavy atom. The van der Waals surface area contributed by atoms with E-state index >= 15 is 0 Å². The molecule has 34 heavy (non-hydrogen) atoms. The number of nitrogens with zero attached hydrogens (tertiary/aromatic N) is 3. The lowest BCUT2D eigenvalue weighted by Gasteiger charge is -2.36. The number of fused-ring (bicyclic) bond motifs is 1. The van der Waals surface area contributed by atoms with Gasteiger partial charge in [0.25, 0.3) is 0 Å². The molecule has 2 aromatic carbocycles. The van der Waals surface area contributed by atoms with Gasteiger partial charge in [-0.15, -0.1) is 0 Å². The number of amides is 1. The van der Waals surface area contributed by atoms with E-state index < -0.39 is 0 Å². The summed E-state index contributed by atoms with van der Waals surface area (Å²) in [5.41, 5.74) is 0. The maximum atomic E-state index is 12.2. The minimum atomic E-state index is -0.378. The van der Waals surface area contributed by atoms with Crippen LogP contribution in [0.15, 0.2) is 48.5 Å². The molecule has 5 rings (SSSR count). The summed E-state index contributed by atoms with van der Waals surface area (Å²) < 4.78 is 11.4. The highest BCUT2D eigenvalue weighted by atomic mass is 35.5. The summed E-state index contributed by atoms with van der Waals surface area (Å²) in [6.07, 6.45) is 5.22. The van der Waals surface area contributed by atoms with Crippen LogP contribution in [-0.2, 0) is 0 Å². The van der Waals surface area contributed by atoms with Crippen LogP contribution in [0.1, 0.15) is 32.1 Å². The lowest BCUT2D eigenvalue weighted by atomic mass is 9.84. The highest BCUT2D eigenvalue weighted by molar-refractivity contribution is 7.13. The van der Waals surface area contributed by atoms with E-state index in [0.29, 0.717) is 10.8 Å². The van der Waals surface area contributed by atoms with Crippen molar-refractivity contribution in [2.24, 2.45) is 5.92 Å². The van der Waals surface area contributed by atoms with Crippen molar-refractivity contribution < 1.29 is 9.53 Å². The maximum Gasteiger partial charge on any atom is 0.412 e. The molecule has 1 saturated carbocycles. The summed E-state index contributed by atoms with van der Waals surface area (Å²) in [5, 5.41) is 4.93. The molecule has 1 aliphatic heterocycles. The molecule has 1 amide bonds. The molecule has 2 aliphatic rings. The lowest BCUT2D eigenvalue weighted by Crippen LogP contribution is -2.47. The SMILES string of the molecule is O=C(N[C@H]1CC[C@H](CCN2CCN(c3nsc4ccccc34)CC2)CC1)Oc1ccc(Cl)cc1. The molecule has 0 spiro atoms. The highest BCUT2D eigenvalue weighted by Crippen LogP contribution is 2.31. The normalized spacial score (nSPS) is 21.5. The number of carbonyl (C=O) groups excluding carboxylic acids is 1. The fraction of sp³-hybridized carbons (Fsp3) is 0.462. The molecule has 0 atom stereocenters. The number of benzene rings is 2. The van der Waals surface area contributed by atoms with Gasteiger partial charge in [0.05, 0.1) is 4.70 Å². The Balaban J connectivity index is 1.000. The second-order valence-corrected chi connectivity index (χ2v) is 10.6. The summed E-state index contributed by atoms with van der Waals surface area (Å²) in [4.78, 5) is 17.2. The first-order chi connectivity index (χ1) is 16.6. The van der Waals surface area contributed by atoms with Gasteiger partial charge in [-0.3, -0.25) is 4.90 Å². The van der Waals surface area contributed by atoms with Crippen molar-refractivity contribution in [3.8, 4) is 5.75 Å². The Hall–Kier alpha value is -2.35. The molecule has 1 aliphatic carbocycles. The predicted octanol–water partition coefficient (Wildman–Crippen LogP) is 5.81. The van der Waals surface area contributed by atoms with Gasteiger partial charge in [-0.2, -0.15) is 4.37 Å². The number of hydrogen-bond donors (Lipinski definition) is 1. The van der Waals surface area contributed by atoms with E-state index in [0.717, 1.165) is 70.1 Å². The van der Waals surface area contributed by atoms with Crippen molar-refractivity contribution in [2.75, 3.05) is 37.6 Å². The second-order valence-electron chi connectivity index (χ2n) is 9.33. The third-order valence-corrected chi connectivity index (χ3v) is 8.15. The maximum absolute atomic E-state index is 12.2. The fourth-order valence-electron chi connectivity index (χ4n) is 5.05. The van der Waals surface area contributed by atoms with Crippen LogP contribution in [-0.4, -0.2) is 54.1 Å². The summed E-state index contributed by atoms with van der Waals surface area (Å²) in [5.74, 6) is 2.41. The molecule has 0 unspecified atom stereocenters. The summed E-state index contributed by atoms with van der Waals surface area (Å²) >= 11 is 7.47. The van der Waals surface area contributed by atoms with Crippen LogP contribution >= 0.6 is 23.1 Å². The molecule has 8 heteroatoms. The number of halogens is 1. The van der Waals surface area contributed by atoms with E-state index in [1.165, 1.54) is 16.5 Å². The number of rotatable bonds is 6. The van der Waals surface area contributed by atoms with Gasteiger partial charge >= 0.3 is 6.09 Å². The monoisotopic (exact) mass is 498 g/mol. The van der Waals surface area contributed by atoms with Crippen molar-refractivity contribution in [2.45, 2.75) is 38.1 Å². The number of hydrogen-bond acceptors (Lipinski definition) is 6. The van der Waals surface area contributed by atoms with Crippen molar-refractivity contribution in [1.82, 2.24) is 14.6 Å². The van der Waals surface area contributed by atoms with E-state index in [1.54, 1.807) is 35.8 Å². The molecule has 6 nitrogen and oxygen atoms in total. The van der Waals surface area contributed by atoms with E-state index in [1.807, 2.05) is 0 Å². The first kappa shape index (κ1) is 23.4. The zero-order valence-electron chi connectivity index (χ0n) is 19.3. The van der Waals surface area contributed by atoms with Crippen LogP contribution in [0, 0.1) is 5.92 Å². The molecule has 0 bridgehead atoms. The second kappa shape index (κ2) is 10.9. The number of piperazine rings is 1. The van der Waals surface area contributed by atoms with Crippen molar-refractivity contribution in [1.29, 1.82) is 0 Å². The Labute approximate surface area is 210 Å². The molecular formula is C26H31ClN4O2S. The zero-order chi connectivity index (χ0) is 23.3.